The van der Waals surface area contributed by atoms with Gasteiger partial charge >= 0.3 is 0 Å². The average Bonchev–Trinajstić information content (AvgIpc) is 2.74. The Balaban J connectivity index is 2.32. The number of Topliss-reactive ketones (excluding diaryl/α,β-unsaturated/α-hetero) is 1. The molecule has 154 valence electrons. The summed E-state index contributed by atoms with van der Waals surface area (Å²) in [7, 11) is 3.07. The molecule has 0 atom stereocenters. The minimum Gasteiger partial charge on any atom is -0.507 e. The van der Waals surface area contributed by atoms with Gasteiger partial charge in [0, 0.05) is 17.2 Å². The predicted octanol–water partition coefficient (Wildman–Crippen LogP) is 4.64. The van der Waals surface area contributed by atoms with Gasteiger partial charge in [0.25, 0.3) is 0 Å². The van der Waals surface area contributed by atoms with Crippen LogP contribution in [0.4, 0.5) is 0 Å². The van der Waals surface area contributed by atoms with Gasteiger partial charge in [-0.15, -0.1) is 0 Å². The Kier molecular flexibility index (Phi) is 5.55. The SMILES string of the molecule is CCC1=C(O)c2c(oc(-c3ccc(OC)c(OC)c3)cc2=O)C(CC)(CC)C1=O. The standard InChI is InChI=1S/C23H26O6/c1-6-14-20(25)19-15(24)12-17(13-9-10-16(27-4)18(11-13)28-5)29-22(19)23(7-2,8-3)21(14)26/h9-12,25H,6-8H2,1-5H3. The fourth-order valence-electron chi connectivity index (χ4n) is 4.06. The van der Waals surface area contributed by atoms with Gasteiger partial charge in [-0.25, -0.2) is 0 Å². The van der Waals surface area contributed by atoms with Crippen molar-refractivity contribution in [3.8, 4) is 22.8 Å². The van der Waals surface area contributed by atoms with E-state index in [4.69, 9.17) is 13.9 Å². The van der Waals surface area contributed by atoms with E-state index in [1.54, 1.807) is 32.2 Å². The lowest BCUT2D eigenvalue weighted by Gasteiger charge is -2.35. The van der Waals surface area contributed by atoms with E-state index in [1.165, 1.54) is 13.2 Å². The van der Waals surface area contributed by atoms with Crippen molar-refractivity contribution in [1.29, 1.82) is 0 Å². The Bertz CT molecular complexity index is 1040. The van der Waals surface area contributed by atoms with Gasteiger partial charge in [-0.05, 0) is 37.5 Å². The summed E-state index contributed by atoms with van der Waals surface area (Å²) in [5.41, 5.74) is -0.362. The second-order valence-electron chi connectivity index (χ2n) is 7.05. The summed E-state index contributed by atoms with van der Waals surface area (Å²) >= 11 is 0. The van der Waals surface area contributed by atoms with Crippen LogP contribution in [-0.2, 0) is 10.2 Å². The molecule has 2 aromatic rings. The van der Waals surface area contributed by atoms with Gasteiger partial charge in [-0.1, -0.05) is 20.8 Å². The Morgan fingerprint density at radius 2 is 1.66 bits per heavy atom. The molecule has 0 spiro atoms. The molecule has 1 aromatic carbocycles. The number of fused-ring (bicyclic) bond motifs is 1. The Morgan fingerprint density at radius 3 is 2.21 bits per heavy atom. The summed E-state index contributed by atoms with van der Waals surface area (Å²) in [5.74, 6) is 1.15. The number of methoxy groups -OCH3 is 2. The molecule has 1 heterocycles. The monoisotopic (exact) mass is 398 g/mol. The number of ether oxygens (including phenoxy) is 2. The van der Waals surface area contributed by atoms with Gasteiger partial charge in [0.15, 0.2) is 22.7 Å². The van der Waals surface area contributed by atoms with Gasteiger partial charge in [-0.3, -0.25) is 9.59 Å². The van der Waals surface area contributed by atoms with E-state index >= 15 is 0 Å². The van der Waals surface area contributed by atoms with Gasteiger partial charge in [0.1, 0.15) is 22.8 Å². The van der Waals surface area contributed by atoms with Crippen LogP contribution in [-0.4, -0.2) is 25.1 Å². The molecule has 1 aliphatic rings. The van der Waals surface area contributed by atoms with Crippen LogP contribution in [0.2, 0.25) is 0 Å². The number of hydrogen-bond donors (Lipinski definition) is 1. The van der Waals surface area contributed by atoms with Crippen molar-refractivity contribution in [3.05, 3.63) is 51.4 Å². The van der Waals surface area contributed by atoms with Crippen LogP contribution in [0.3, 0.4) is 0 Å². The van der Waals surface area contributed by atoms with Gasteiger partial charge in [0.2, 0.25) is 0 Å². The van der Waals surface area contributed by atoms with E-state index in [2.05, 4.69) is 0 Å². The first kappa shape index (κ1) is 20.7. The highest BCUT2D eigenvalue weighted by molar-refractivity contribution is 6.10. The number of aliphatic hydroxyl groups excluding tert-OH is 1. The van der Waals surface area contributed by atoms with Crippen molar-refractivity contribution in [2.45, 2.75) is 45.4 Å². The molecule has 0 radical (unpaired) electrons. The normalized spacial score (nSPS) is 15.3. The van der Waals surface area contributed by atoms with Crippen LogP contribution < -0.4 is 14.9 Å². The summed E-state index contributed by atoms with van der Waals surface area (Å²) in [4.78, 5) is 26.3. The lowest BCUT2D eigenvalue weighted by Crippen LogP contribution is -2.41. The number of benzene rings is 1. The maximum atomic E-state index is 13.2. The maximum absolute atomic E-state index is 13.2. The smallest absolute Gasteiger partial charge is 0.196 e. The number of carbonyl (C=O) groups is 1. The van der Waals surface area contributed by atoms with Crippen LogP contribution in [0, 0.1) is 0 Å². The molecule has 0 bridgehead atoms. The third-order valence-corrected chi connectivity index (χ3v) is 5.84. The van der Waals surface area contributed by atoms with E-state index in [0.717, 1.165) is 0 Å². The van der Waals surface area contributed by atoms with Gasteiger partial charge in [0.05, 0.1) is 19.6 Å². The van der Waals surface area contributed by atoms with Crippen molar-refractivity contribution in [1.82, 2.24) is 0 Å². The van der Waals surface area contributed by atoms with Crippen molar-refractivity contribution in [2.75, 3.05) is 14.2 Å². The topological polar surface area (TPSA) is 86.0 Å². The second kappa shape index (κ2) is 7.78. The summed E-state index contributed by atoms with van der Waals surface area (Å²) in [6.45, 7) is 5.58. The first-order valence-corrected chi connectivity index (χ1v) is 9.76. The maximum Gasteiger partial charge on any atom is 0.196 e. The molecular weight excluding hydrogens is 372 g/mol. The largest absolute Gasteiger partial charge is 0.507 e. The molecule has 0 unspecified atom stereocenters. The molecule has 3 rings (SSSR count). The molecule has 0 saturated heterocycles. The molecule has 6 nitrogen and oxygen atoms in total. The van der Waals surface area contributed by atoms with Crippen molar-refractivity contribution >= 4 is 11.5 Å². The molecule has 1 aliphatic carbocycles. The van der Waals surface area contributed by atoms with Crippen LogP contribution in [0.1, 0.15) is 51.4 Å². The molecule has 0 aliphatic heterocycles. The van der Waals surface area contributed by atoms with E-state index in [1.807, 2.05) is 13.8 Å². The molecule has 1 aromatic heterocycles. The number of hydrogen-bond acceptors (Lipinski definition) is 6. The molecule has 1 N–H and O–H groups in total. The molecule has 0 fully saturated rings. The van der Waals surface area contributed by atoms with E-state index in [9.17, 15) is 14.7 Å². The average molecular weight is 398 g/mol. The first-order valence-electron chi connectivity index (χ1n) is 9.76. The number of carbonyl (C=O) groups excluding carboxylic acids is 1. The van der Waals surface area contributed by atoms with Gasteiger partial charge in [-0.2, -0.15) is 0 Å². The Hall–Kier alpha value is -3.02. The molecule has 0 saturated carbocycles. The zero-order chi connectivity index (χ0) is 21.3. The van der Waals surface area contributed by atoms with Crippen molar-refractivity contribution < 1.29 is 23.8 Å². The fourth-order valence-corrected chi connectivity index (χ4v) is 4.06. The first-order chi connectivity index (χ1) is 13.9. The fraction of sp³-hybridized carbons (Fsp3) is 0.391. The summed E-state index contributed by atoms with van der Waals surface area (Å²) < 4.78 is 16.8. The molecule has 0 amide bonds. The highest BCUT2D eigenvalue weighted by Gasteiger charge is 2.48. The lowest BCUT2D eigenvalue weighted by atomic mass is 9.68. The Morgan fingerprint density at radius 1 is 1.00 bits per heavy atom. The Labute approximate surface area is 169 Å². The zero-order valence-electron chi connectivity index (χ0n) is 17.4. The predicted molar refractivity (Wildman–Crippen MR) is 111 cm³/mol. The molecular formula is C23H26O6. The van der Waals surface area contributed by atoms with Crippen LogP contribution in [0.25, 0.3) is 17.1 Å². The third-order valence-electron chi connectivity index (χ3n) is 5.84. The third kappa shape index (κ3) is 3.03. The van der Waals surface area contributed by atoms with E-state index < -0.39 is 5.41 Å². The van der Waals surface area contributed by atoms with Crippen LogP contribution in [0.5, 0.6) is 11.5 Å². The zero-order valence-corrected chi connectivity index (χ0v) is 17.4. The second-order valence-corrected chi connectivity index (χ2v) is 7.05. The van der Waals surface area contributed by atoms with Crippen molar-refractivity contribution in [2.24, 2.45) is 0 Å². The minimum atomic E-state index is -0.974. The highest BCUT2D eigenvalue weighted by Crippen LogP contribution is 2.45. The van der Waals surface area contributed by atoms with E-state index in [-0.39, 0.29) is 33.9 Å². The quantitative estimate of drug-likeness (QED) is 0.763. The minimum absolute atomic E-state index is 0.0920. The molecule has 6 heteroatoms. The van der Waals surface area contributed by atoms with E-state index in [0.29, 0.717) is 42.1 Å². The number of allylic oxidation sites excluding steroid dienone is 1. The van der Waals surface area contributed by atoms with Crippen LogP contribution >= 0.6 is 0 Å². The number of aliphatic hydroxyl groups is 1. The lowest BCUT2D eigenvalue weighted by molar-refractivity contribution is -0.122. The summed E-state index contributed by atoms with van der Waals surface area (Å²) in [5, 5.41) is 10.7. The van der Waals surface area contributed by atoms with Gasteiger partial charge < -0.3 is 19.0 Å². The number of rotatable bonds is 6. The number of ketones is 1. The molecule has 29 heavy (non-hydrogen) atoms. The van der Waals surface area contributed by atoms with Crippen molar-refractivity contribution in [3.63, 3.8) is 0 Å². The summed E-state index contributed by atoms with van der Waals surface area (Å²) in [6.07, 6.45) is 1.28. The van der Waals surface area contributed by atoms with Crippen LogP contribution in [0.15, 0.2) is 39.1 Å². The highest BCUT2D eigenvalue weighted by atomic mass is 16.5. The summed E-state index contributed by atoms with van der Waals surface area (Å²) in [6, 6.07) is 6.53.